The van der Waals surface area contributed by atoms with Crippen LogP contribution >= 0.6 is 11.6 Å². The van der Waals surface area contributed by atoms with E-state index in [1.165, 1.54) is 5.56 Å². The van der Waals surface area contributed by atoms with E-state index in [1.807, 2.05) is 53.2 Å². The number of aromatic nitrogens is 2. The summed E-state index contributed by atoms with van der Waals surface area (Å²) in [5, 5.41) is 9.31. The topological polar surface area (TPSA) is 39.1 Å². The van der Waals surface area contributed by atoms with E-state index in [-0.39, 0.29) is 0 Å². The van der Waals surface area contributed by atoms with Crippen LogP contribution in [0.5, 0.6) is 5.75 Å². The van der Waals surface area contributed by atoms with Crippen LogP contribution in [0.2, 0.25) is 5.02 Å². The molecule has 2 heterocycles. The smallest absolute Gasteiger partial charge is 0.133 e. The first-order valence-corrected chi connectivity index (χ1v) is 11.0. The van der Waals surface area contributed by atoms with Crippen molar-refractivity contribution in [3.05, 3.63) is 95.0 Å². The van der Waals surface area contributed by atoms with Crippen LogP contribution in [0.4, 0.5) is 5.82 Å². The van der Waals surface area contributed by atoms with Crippen molar-refractivity contribution in [2.45, 2.75) is 25.9 Å². The fraction of sp³-hybridized carbons (Fsp3) is 0.192. The van der Waals surface area contributed by atoms with Gasteiger partial charge in [-0.15, -0.1) is 0 Å². The van der Waals surface area contributed by atoms with E-state index >= 15 is 0 Å². The van der Waals surface area contributed by atoms with Gasteiger partial charge >= 0.3 is 0 Å². The van der Waals surface area contributed by atoms with Crippen LogP contribution in [0.25, 0.3) is 16.9 Å². The van der Waals surface area contributed by atoms with Crippen LogP contribution in [0.15, 0.2) is 78.9 Å². The molecule has 1 aliphatic rings. The van der Waals surface area contributed by atoms with Gasteiger partial charge in [-0.05, 0) is 61.2 Å². The maximum absolute atomic E-state index is 6.26. The molecule has 0 amide bonds. The highest BCUT2D eigenvalue weighted by Crippen LogP contribution is 2.35. The number of hydrogen-bond donors (Lipinski definition) is 1. The van der Waals surface area contributed by atoms with Gasteiger partial charge in [-0.25, -0.2) is 4.68 Å². The van der Waals surface area contributed by atoms with Gasteiger partial charge in [0.2, 0.25) is 0 Å². The molecule has 31 heavy (non-hydrogen) atoms. The lowest BCUT2D eigenvalue weighted by Gasteiger charge is -2.11. The zero-order valence-electron chi connectivity index (χ0n) is 17.2. The monoisotopic (exact) mass is 429 g/mol. The summed E-state index contributed by atoms with van der Waals surface area (Å²) in [6.07, 6.45) is 3.30. The molecule has 5 rings (SSSR count). The average Bonchev–Trinajstić information content (AvgIpc) is 2.99. The Kier molecular flexibility index (Phi) is 5.63. The Bertz CT molecular complexity index is 1170. The number of halogens is 1. The van der Waals surface area contributed by atoms with Gasteiger partial charge in [0, 0.05) is 22.7 Å². The number of benzene rings is 3. The summed E-state index contributed by atoms with van der Waals surface area (Å²) in [5.74, 6) is 1.92. The first-order chi connectivity index (χ1) is 15.3. The molecule has 4 nitrogen and oxygen atoms in total. The van der Waals surface area contributed by atoms with Gasteiger partial charge in [0.15, 0.2) is 0 Å². The quantitative estimate of drug-likeness (QED) is 0.392. The van der Waals surface area contributed by atoms with Crippen LogP contribution in [0, 0.1) is 0 Å². The Morgan fingerprint density at radius 2 is 1.77 bits per heavy atom. The van der Waals surface area contributed by atoms with Crippen LogP contribution in [0.1, 0.15) is 24.0 Å². The number of rotatable bonds is 5. The van der Waals surface area contributed by atoms with Crippen molar-refractivity contribution in [1.29, 1.82) is 0 Å². The molecule has 1 aromatic heterocycles. The first-order valence-electron chi connectivity index (χ1n) is 10.7. The number of hydrogen-bond acceptors (Lipinski definition) is 3. The Labute approximate surface area is 187 Å². The van der Waals surface area contributed by atoms with Crippen LogP contribution < -0.4 is 10.1 Å². The molecule has 5 heteroatoms. The minimum Gasteiger partial charge on any atom is -0.489 e. The summed E-state index contributed by atoms with van der Waals surface area (Å²) >= 11 is 6.26. The zero-order chi connectivity index (χ0) is 21.0. The zero-order valence-corrected chi connectivity index (χ0v) is 18.0. The summed E-state index contributed by atoms with van der Waals surface area (Å²) in [6.45, 7) is 1.50. The van der Waals surface area contributed by atoms with Crippen LogP contribution in [-0.2, 0) is 13.0 Å². The number of fused-ring (bicyclic) bond motifs is 1. The minimum absolute atomic E-state index is 0.553. The van der Waals surface area contributed by atoms with Crippen molar-refractivity contribution in [3.63, 3.8) is 0 Å². The molecular formula is C26H24ClN3O. The standard InChI is InChI=1S/C26H24ClN3O/c27-21-10-6-9-20(17-21)25-24-11-4-5-16-28-26(24)30(29-25)22-12-14-23(15-13-22)31-18-19-7-2-1-3-8-19/h1-3,6-10,12-15,17,28H,4-5,11,16,18H2. The molecule has 0 atom stereocenters. The average molecular weight is 430 g/mol. The molecule has 0 saturated carbocycles. The molecule has 3 aromatic carbocycles. The van der Waals surface area contributed by atoms with Gasteiger partial charge < -0.3 is 10.1 Å². The highest BCUT2D eigenvalue weighted by atomic mass is 35.5. The Balaban J connectivity index is 1.45. The van der Waals surface area contributed by atoms with Gasteiger partial charge in [-0.3, -0.25) is 0 Å². The van der Waals surface area contributed by atoms with E-state index in [1.54, 1.807) is 0 Å². The predicted octanol–water partition coefficient (Wildman–Crippen LogP) is 6.52. The summed E-state index contributed by atoms with van der Waals surface area (Å²) in [4.78, 5) is 0. The van der Waals surface area contributed by atoms with E-state index in [0.29, 0.717) is 6.61 Å². The normalized spacial score (nSPS) is 13.2. The maximum atomic E-state index is 6.26. The second-order valence-corrected chi connectivity index (χ2v) is 8.19. The third-order valence-corrected chi connectivity index (χ3v) is 5.79. The van der Waals surface area contributed by atoms with Crippen molar-refractivity contribution in [2.24, 2.45) is 0 Å². The van der Waals surface area contributed by atoms with E-state index in [9.17, 15) is 0 Å². The predicted molar refractivity (Wildman–Crippen MR) is 126 cm³/mol. The Morgan fingerprint density at radius 1 is 0.935 bits per heavy atom. The van der Waals surface area contributed by atoms with E-state index < -0.39 is 0 Å². The first kappa shape index (κ1) is 19.7. The summed E-state index contributed by atoms with van der Waals surface area (Å²) in [6, 6.07) is 26.2. The molecule has 0 spiro atoms. The lowest BCUT2D eigenvalue weighted by Crippen LogP contribution is -2.07. The van der Waals surface area contributed by atoms with Crippen molar-refractivity contribution < 1.29 is 4.74 Å². The molecule has 0 aliphatic carbocycles. The molecule has 0 fully saturated rings. The molecular weight excluding hydrogens is 406 g/mol. The van der Waals surface area contributed by atoms with Crippen LogP contribution in [0.3, 0.4) is 0 Å². The van der Waals surface area contributed by atoms with Crippen LogP contribution in [-0.4, -0.2) is 16.3 Å². The summed E-state index contributed by atoms with van der Waals surface area (Å²) < 4.78 is 7.96. The van der Waals surface area contributed by atoms with Gasteiger partial charge in [0.05, 0.1) is 11.4 Å². The Hall–Kier alpha value is -3.24. The number of anilines is 1. The minimum atomic E-state index is 0.553. The molecule has 0 saturated heterocycles. The molecule has 0 unspecified atom stereocenters. The highest BCUT2D eigenvalue weighted by Gasteiger charge is 2.21. The molecule has 0 radical (unpaired) electrons. The number of nitrogens with one attached hydrogen (secondary N) is 1. The van der Waals surface area contributed by atoms with Crippen molar-refractivity contribution in [3.8, 4) is 22.7 Å². The second-order valence-electron chi connectivity index (χ2n) is 7.75. The van der Waals surface area contributed by atoms with E-state index in [2.05, 4.69) is 35.6 Å². The van der Waals surface area contributed by atoms with Gasteiger partial charge in [0.25, 0.3) is 0 Å². The molecule has 156 valence electrons. The van der Waals surface area contributed by atoms with Gasteiger partial charge in [0.1, 0.15) is 18.2 Å². The largest absolute Gasteiger partial charge is 0.489 e. The van der Waals surface area contributed by atoms with Gasteiger partial charge in [-0.1, -0.05) is 54.1 Å². The lowest BCUT2D eigenvalue weighted by molar-refractivity contribution is 0.306. The van der Waals surface area contributed by atoms with Crippen molar-refractivity contribution >= 4 is 17.4 Å². The molecule has 4 aromatic rings. The van der Waals surface area contributed by atoms with E-state index in [0.717, 1.165) is 64.9 Å². The van der Waals surface area contributed by atoms with Gasteiger partial charge in [-0.2, -0.15) is 5.10 Å². The molecule has 1 N–H and O–H groups in total. The summed E-state index contributed by atoms with van der Waals surface area (Å²) in [7, 11) is 0. The van der Waals surface area contributed by atoms with Crippen molar-refractivity contribution in [2.75, 3.05) is 11.9 Å². The lowest BCUT2D eigenvalue weighted by atomic mass is 10.0. The molecule has 0 bridgehead atoms. The molecule has 1 aliphatic heterocycles. The Morgan fingerprint density at radius 3 is 2.58 bits per heavy atom. The third kappa shape index (κ3) is 4.30. The fourth-order valence-corrected chi connectivity index (χ4v) is 4.17. The van der Waals surface area contributed by atoms with Crippen molar-refractivity contribution in [1.82, 2.24) is 9.78 Å². The maximum Gasteiger partial charge on any atom is 0.133 e. The van der Waals surface area contributed by atoms with E-state index in [4.69, 9.17) is 21.4 Å². The number of ether oxygens (including phenoxy) is 1. The highest BCUT2D eigenvalue weighted by molar-refractivity contribution is 6.30. The second kappa shape index (κ2) is 8.86. The SMILES string of the molecule is Clc1cccc(-c2nn(-c3ccc(OCc4ccccc4)cc3)c3c2CCCCN3)c1. The summed E-state index contributed by atoms with van der Waals surface area (Å²) in [5.41, 5.74) is 5.46. The fourth-order valence-electron chi connectivity index (χ4n) is 3.98. The third-order valence-electron chi connectivity index (χ3n) is 5.56. The number of nitrogens with zero attached hydrogens (tertiary/aromatic N) is 2.